The zero-order chi connectivity index (χ0) is 10.1. The molecule has 3 heteroatoms. The highest BCUT2D eigenvalue weighted by atomic mass is 16.2. The SMILES string of the molecule is CC1Cc2ccccc2/C1=N\C(N)=O. The molecule has 0 aromatic heterocycles. The minimum Gasteiger partial charge on any atom is -0.350 e. The van der Waals surface area contributed by atoms with Gasteiger partial charge in [-0.3, -0.25) is 0 Å². The molecular formula is C11H12N2O. The summed E-state index contributed by atoms with van der Waals surface area (Å²) in [6, 6.07) is 7.39. The van der Waals surface area contributed by atoms with Gasteiger partial charge in [-0.15, -0.1) is 0 Å². The van der Waals surface area contributed by atoms with Crippen molar-refractivity contribution in [2.75, 3.05) is 0 Å². The molecule has 0 heterocycles. The van der Waals surface area contributed by atoms with Crippen molar-refractivity contribution in [2.45, 2.75) is 13.3 Å². The quantitative estimate of drug-likeness (QED) is 0.662. The van der Waals surface area contributed by atoms with E-state index in [1.54, 1.807) is 0 Å². The van der Waals surface area contributed by atoms with E-state index in [1.165, 1.54) is 5.56 Å². The number of benzene rings is 1. The van der Waals surface area contributed by atoms with Crippen LogP contribution in [0.2, 0.25) is 0 Å². The Morgan fingerprint density at radius 3 is 2.93 bits per heavy atom. The Morgan fingerprint density at radius 2 is 2.21 bits per heavy atom. The van der Waals surface area contributed by atoms with E-state index >= 15 is 0 Å². The Kier molecular flexibility index (Phi) is 2.08. The maximum atomic E-state index is 10.7. The van der Waals surface area contributed by atoms with Gasteiger partial charge in [0.15, 0.2) is 0 Å². The molecule has 3 nitrogen and oxygen atoms in total. The largest absolute Gasteiger partial charge is 0.350 e. The lowest BCUT2D eigenvalue weighted by atomic mass is 10.1. The van der Waals surface area contributed by atoms with Crippen molar-refractivity contribution in [3.05, 3.63) is 35.4 Å². The van der Waals surface area contributed by atoms with Gasteiger partial charge in [-0.05, 0) is 17.5 Å². The molecule has 2 rings (SSSR count). The number of amides is 2. The first-order chi connectivity index (χ1) is 6.68. The lowest BCUT2D eigenvalue weighted by molar-refractivity contribution is 0.256. The topological polar surface area (TPSA) is 55.4 Å². The van der Waals surface area contributed by atoms with Crippen LogP contribution in [0.15, 0.2) is 29.3 Å². The number of nitrogens with zero attached hydrogens (tertiary/aromatic N) is 1. The smallest absolute Gasteiger partial charge is 0.338 e. The molecule has 2 amide bonds. The number of nitrogens with two attached hydrogens (primary N) is 1. The van der Waals surface area contributed by atoms with Gasteiger partial charge >= 0.3 is 6.03 Å². The molecule has 0 saturated carbocycles. The number of fused-ring (bicyclic) bond motifs is 1. The maximum Gasteiger partial charge on any atom is 0.338 e. The minimum absolute atomic E-state index is 0.292. The van der Waals surface area contributed by atoms with Crippen molar-refractivity contribution >= 4 is 11.7 Å². The third-order valence-corrected chi connectivity index (χ3v) is 2.52. The second-order valence-corrected chi connectivity index (χ2v) is 3.60. The predicted octanol–water partition coefficient (Wildman–Crippen LogP) is 1.75. The number of carbonyl (C=O) groups is 1. The van der Waals surface area contributed by atoms with Crippen LogP contribution in [-0.2, 0) is 6.42 Å². The number of hydrogen-bond donors (Lipinski definition) is 1. The van der Waals surface area contributed by atoms with Crippen LogP contribution in [0, 0.1) is 5.92 Å². The molecule has 1 aliphatic carbocycles. The van der Waals surface area contributed by atoms with Crippen LogP contribution in [0.25, 0.3) is 0 Å². The molecule has 0 saturated heterocycles. The van der Waals surface area contributed by atoms with Crippen molar-refractivity contribution < 1.29 is 4.79 Å². The molecule has 0 fully saturated rings. The second-order valence-electron chi connectivity index (χ2n) is 3.60. The number of rotatable bonds is 0. The average molecular weight is 188 g/mol. The summed E-state index contributed by atoms with van der Waals surface area (Å²) in [5.74, 6) is 0.292. The molecule has 1 aromatic carbocycles. The first-order valence-corrected chi connectivity index (χ1v) is 4.65. The number of hydrogen-bond acceptors (Lipinski definition) is 1. The van der Waals surface area contributed by atoms with Crippen molar-refractivity contribution in [1.82, 2.24) is 0 Å². The Labute approximate surface area is 82.6 Å². The lowest BCUT2D eigenvalue weighted by Gasteiger charge is -2.01. The van der Waals surface area contributed by atoms with Gasteiger partial charge in [0.2, 0.25) is 0 Å². The number of primary amides is 1. The maximum absolute atomic E-state index is 10.7. The second kappa shape index (κ2) is 3.25. The van der Waals surface area contributed by atoms with Gasteiger partial charge in [-0.2, -0.15) is 4.99 Å². The minimum atomic E-state index is -0.608. The van der Waals surface area contributed by atoms with E-state index in [0.29, 0.717) is 5.92 Å². The van der Waals surface area contributed by atoms with Gasteiger partial charge in [0.25, 0.3) is 0 Å². The predicted molar refractivity (Wildman–Crippen MR) is 55.4 cm³/mol. The van der Waals surface area contributed by atoms with Gasteiger partial charge in [-0.25, -0.2) is 4.79 Å². The van der Waals surface area contributed by atoms with Crippen LogP contribution in [-0.4, -0.2) is 11.7 Å². The summed E-state index contributed by atoms with van der Waals surface area (Å²) in [5, 5.41) is 0. The molecule has 0 bridgehead atoms. The number of urea groups is 1. The highest BCUT2D eigenvalue weighted by molar-refractivity contribution is 6.10. The van der Waals surface area contributed by atoms with Crippen LogP contribution in [0.4, 0.5) is 4.79 Å². The molecule has 0 radical (unpaired) electrons. The summed E-state index contributed by atoms with van der Waals surface area (Å²) < 4.78 is 0. The van der Waals surface area contributed by atoms with Crippen LogP contribution in [0.3, 0.4) is 0 Å². The molecule has 72 valence electrons. The van der Waals surface area contributed by atoms with Gasteiger partial charge < -0.3 is 5.73 Å². The fourth-order valence-corrected chi connectivity index (χ4v) is 1.93. The summed E-state index contributed by atoms with van der Waals surface area (Å²) in [6.45, 7) is 2.06. The van der Waals surface area contributed by atoms with Gasteiger partial charge in [0, 0.05) is 5.92 Å². The fraction of sp³-hybridized carbons (Fsp3) is 0.273. The van der Waals surface area contributed by atoms with Crippen LogP contribution in [0.1, 0.15) is 18.1 Å². The van der Waals surface area contributed by atoms with E-state index < -0.39 is 6.03 Å². The summed E-state index contributed by atoms with van der Waals surface area (Å²) in [6.07, 6.45) is 0.947. The molecule has 1 unspecified atom stereocenters. The van der Waals surface area contributed by atoms with Gasteiger partial charge in [0.1, 0.15) is 0 Å². The highest BCUT2D eigenvalue weighted by Crippen LogP contribution is 2.26. The summed E-state index contributed by atoms with van der Waals surface area (Å²) >= 11 is 0. The van der Waals surface area contributed by atoms with Crippen molar-refractivity contribution in [1.29, 1.82) is 0 Å². The van der Waals surface area contributed by atoms with E-state index in [0.717, 1.165) is 17.7 Å². The standard InChI is InChI=1S/C11H12N2O/c1-7-6-8-4-2-3-5-9(8)10(7)13-11(12)14/h2-5,7H,6H2,1H3,(H2,12,14)/b13-10-. The van der Waals surface area contributed by atoms with E-state index in [9.17, 15) is 4.79 Å². The normalized spacial score (nSPS) is 22.4. The van der Waals surface area contributed by atoms with Crippen LogP contribution < -0.4 is 5.73 Å². The van der Waals surface area contributed by atoms with Gasteiger partial charge in [0.05, 0.1) is 5.71 Å². The molecule has 1 atom stereocenters. The highest BCUT2D eigenvalue weighted by Gasteiger charge is 2.24. The zero-order valence-corrected chi connectivity index (χ0v) is 8.03. The number of carbonyl (C=O) groups excluding carboxylic acids is 1. The van der Waals surface area contributed by atoms with E-state index in [2.05, 4.69) is 18.0 Å². The molecular weight excluding hydrogens is 176 g/mol. The Morgan fingerprint density at radius 1 is 1.50 bits per heavy atom. The molecule has 14 heavy (non-hydrogen) atoms. The average Bonchev–Trinajstić information content (AvgIpc) is 2.43. The monoisotopic (exact) mass is 188 g/mol. The third kappa shape index (κ3) is 1.41. The van der Waals surface area contributed by atoms with Crippen molar-refractivity contribution in [3.63, 3.8) is 0 Å². The zero-order valence-electron chi connectivity index (χ0n) is 8.03. The van der Waals surface area contributed by atoms with Crippen molar-refractivity contribution in [3.8, 4) is 0 Å². The summed E-state index contributed by atoms with van der Waals surface area (Å²) in [5.41, 5.74) is 8.21. The molecule has 2 N–H and O–H groups in total. The summed E-state index contributed by atoms with van der Waals surface area (Å²) in [4.78, 5) is 14.6. The first-order valence-electron chi connectivity index (χ1n) is 4.65. The molecule has 0 spiro atoms. The van der Waals surface area contributed by atoms with Crippen LogP contribution in [0.5, 0.6) is 0 Å². The molecule has 1 aromatic rings. The Bertz CT molecular complexity index is 410. The Balaban J connectivity index is 2.50. The number of aliphatic imine (C=N–C) groups is 1. The molecule has 1 aliphatic rings. The van der Waals surface area contributed by atoms with Gasteiger partial charge in [-0.1, -0.05) is 31.2 Å². The molecule has 0 aliphatic heterocycles. The lowest BCUT2D eigenvalue weighted by Crippen LogP contribution is -2.13. The third-order valence-electron chi connectivity index (χ3n) is 2.52. The van der Waals surface area contributed by atoms with E-state index in [1.807, 2.05) is 18.2 Å². The van der Waals surface area contributed by atoms with E-state index in [-0.39, 0.29) is 0 Å². The fourth-order valence-electron chi connectivity index (χ4n) is 1.93. The van der Waals surface area contributed by atoms with E-state index in [4.69, 9.17) is 5.73 Å². The Hall–Kier alpha value is -1.64. The summed E-state index contributed by atoms with van der Waals surface area (Å²) in [7, 11) is 0. The van der Waals surface area contributed by atoms with Crippen molar-refractivity contribution in [2.24, 2.45) is 16.6 Å². The first kappa shape index (κ1) is 8.94. The van der Waals surface area contributed by atoms with Crippen LogP contribution >= 0.6 is 0 Å².